The molecule has 0 unspecified atom stereocenters. The number of anilines is 1. The van der Waals surface area contributed by atoms with Crippen LogP contribution >= 0.6 is 11.3 Å². The van der Waals surface area contributed by atoms with Crippen molar-refractivity contribution in [2.45, 2.75) is 6.92 Å². The van der Waals surface area contributed by atoms with Gasteiger partial charge in [0, 0.05) is 23.6 Å². The lowest BCUT2D eigenvalue weighted by atomic mass is 10.1. The Kier molecular flexibility index (Phi) is 7.86. The van der Waals surface area contributed by atoms with Crippen molar-refractivity contribution in [3.8, 4) is 28.5 Å². The summed E-state index contributed by atoms with van der Waals surface area (Å²) in [5.74, 6) is 2.08. The maximum atomic E-state index is 12.4. The van der Waals surface area contributed by atoms with Gasteiger partial charge in [0.2, 0.25) is 5.91 Å². The van der Waals surface area contributed by atoms with Crippen LogP contribution < -0.4 is 19.5 Å². The maximum Gasteiger partial charge on any atom is 0.240 e. The van der Waals surface area contributed by atoms with Gasteiger partial charge in [-0.05, 0) is 43.8 Å². The number of carbonyl (C=O) groups excluding carboxylic acids is 1. The SMILES string of the molecule is COc1ccc(-c2csc(NC(=O)CN(C)CCOc3cccc(C)c3)n2)c(OC)c1. The Morgan fingerprint density at radius 1 is 1.13 bits per heavy atom. The highest BCUT2D eigenvalue weighted by molar-refractivity contribution is 7.14. The minimum Gasteiger partial charge on any atom is -0.497 e. The molecule has 0 aliphatic rings. The third-order valence-electron chi connectivity index (χ3n) is 4.58. The van der Waals surface area contributed by atoms with E-state index >= 15 is 0 Å². The van der Waals surface area contributed by atoms with Gasteiger partial charge in [-0.2, -0.15) is 0 Å². The smallest absolute Gasteiger partial charge is 0.240 e. The van der Waals surface area contributed by atoms with Crippen molar-refractivity contribution in [3.63, 3.8) is 0 Å². The van der Waals surface area contributed by atoms with E-state index in [1.165, 1.54) is 11.3 Å². The average Bonchev–Trinajstić information content (AvgIpc) is 3.21. The normalized spacial score (nSPS) is 10.7. The summed E-state index contributed by atoms with van der Waals surface area (Å²) >= 11 is 1.37. The summed E-state index contributed by atoms with van der Waals surface area (Å²) in [4.78, 5) is 18.8. The van der Waals surface area contributed by atoms with Crippen LogP contribution in [0.2, 0.25) is 0 Å². The number of amides is 1. The Morgan fingerprint density at radius 2 is 1.97 bits per heavy atom. The van der Waals surface area contributed by atoms with E-state index in [-0.39, 0.29) is 12.5 Å². The number of hydrogen-bond donors (Lipinski definition) is 1. The lowest BCUT2D eigenvalue weighted by Gasteiger charge is -2.16. The summed E-state index contributed by atoms with van der Waals surface area (Å²) in [5, 5.41) is 5.29. The molecule has 0 radical (unpaired) electrons. The fraction of sp³-hybridized carbons (Fsp3) is 0.304. The van der Waals surface area contributed by atoms with Crippen molar-refractivity contribution in [1.82, 2.24) is 9.88 Å². The Labute approximate surface area is 186 Å². The van der Waals surface area contributed by atoms with Gasteiger partial charge in [0.25, 0.3) is 0 Å². The van der Waals surface area contributed by atoms with Crippen LogP contribution in [0.4, 0.5) is 5.13 Å². The van der Waals surface area contributed by atoms with Crippen molar-refractivity contribution >= 4 is 22.4 Å². The second-order valence-electron chi connectivity index (χ2n) is 7.06. The van der Waals surface area contributed by atoms with E-state index in [1.807, 2.05) is 60.6 Å². The van der Waals surface area contributed by atoms with Crippen LogP contribution in [-0.2, 0) is 4.79 Å². The molecule has 0 atom stereocenters. The molecule has 0 fully saturated rings. The molecule has 2 aromatic carbocycles. The largest absolute Gasteiger partial charge is 0.497 e. The summed E-state index contributed by atoms with van der Waals surface area (Å²) < 4.78 is 16.4. The Balaban J connectivity index is 1.50. The zero-order valence-electron chi connectivity index (χ0n) is 18.2. The topological polar surface area (TPSA) is 72.9 Å². The lowest BCUT2D eigenvalue weighted by Crippen LogP contribution is -2.33. The van der Waals surface area contributed by atoms with Crippen LogP contribution in [0.5, 0.6) is 17.2 Å². The Morgan fingerprint density at radius 3 is 2.71 bits per heavy atom. The Hall–Kier alpha value is -3.10. The Bertz CT molecular complexity index is 1020. The number of methoxy groups -OCH3 is 2. The third-order valence-corrected chi connectivity index (χ3v) is 5.34. The molecule has 0 aliphatic heterocycles. The standard InChI is InChI=1S/C23H27N3O4S/c1-16-6-5-7-18(12-16)30-11-10-26(2)14-22(27)25-23-24-20(15-31-23)19-9-8-17(28-3)13-21(19)29-4/h5-9,12-13,15H,10-11,14H2,1-4H3,(H,24,25,27). The quantitative estimate of drug-likeness (QED) is 0.511. The number of benzene rings is 2. The minimum absolute atomic E-state index is 0.124. The molecule has 164 valence electrons. The van der Waals surface area contributed by atoms with E-state index in [2.05, 4.69) is 10.3 Å². The lowest BCUT2D eigenvalue weighted by molar-refractivity contribution is -0.117. The highest BCUT2D eigenvalue weighted by atomic mass is 32.1. The summed E-state index contributed by atoms with van der Waals surface area (Å²) in [5.41, 5.74) is 2.73. The van der Waals surface area contributed by atoms with E-state index in [0.29, 0.717) is 29.8 Å². The molecule has 1 aromatic heterocycles. The van der Waals surface area contributed by atoms with Crippen molar-refractivity contribution in [2.24, 2.45) is 0 Å². The first kappa shape index (κ1) is 22.6. The number of ether oxygens (including phenoxy) is 3. The molecule has 7 nitrogen and oxygen atoms in total. The first-order valence-corrected chi connectivity index (χ1v) is 10.7. The second-order valence-corrected chi connectivity index (χ2v) is 7.91. The molecule has 0 aliphatic carbocycles. The third kappa shape index (κ3) is 6.44. The molecule has 1 amide bonds. The number of rotatable bonds is 10. The monoisotopic (exact) mass is 441 g/mol. The van der Waals surface area contributed by atoms with Crippen molar-refractivity contribution < 1.29 is 19.0 Å². The molecule has 1 N–H and O–H groups in total. The van der Waals surface area contributed by atoms with Crippen LogP contribution in [0.15, 0.2) is 47.8 Å². The molecule has 0 bridgehead atoms. The van der Waals surface area contributed by atoms with Gasteiger partial charge in [-0.25, -0.2) is 4.98 Å². The van der Waals surface area contributed by atoms with Gasteiger partial charge in [0.05, 0.1) is 26.5 Å². The highest BCUT2D eigenvalue weighted by Gasteiger charge is 2.14. The molecule has 3 aromatic rings. The number of aryl methyl sites for hydroxylation is 1. The van der Waals surface area contributed by atoms with Gasteiger partial charge in [-0.15, -0.1) is 11.3 Å². The van der Waals surface area contributed by atoms with Gasteiger partial charge in [-0.3, -0.25) is 9.69 Å². The zero-order chi connectivity index (χ0) is 22.2. The number of nitrogens with one attached hydrogen (secondary N) is 1. The van der Waals surface area contributed by atoms with Crippen LogP contribution in [0, 0.1) is 6.92 Å². The predicted octanol–water partition coefficient (Wildman–Crippen LogP) is 4.09. The number of hydrogen-bond acceptors (Lipinski definition) is 7. The molecule has 0 saturated carbocycles. The van der Waals surface area contributed by atoms with Gasteiger partial charge in [-0.1, -0.05) is 12.1 Å². The van der Waals surface area contributed by atoms with E-state index in [4.69, 9.17) is 14.2 Å². The molecule has 0 saturated heterocycles. The van der Waals surface area contributed by atoms with E-state index in [0.717, 1.165) is 22.6 Å². The zero-order valence-corrected chi connectivity index (χ0v) is 19.0. The summed E-state index contributed by atoms with van der Waals surface area (Å²) in [6.45, 7) is 3.41. The number of nitrogens with zero attached hydrogens (tertiary/aromatic N) is 2. The van der Waals surface area contributed by atoms with Crippen LogP contribution in [0.25, 0.3) is 11.3 Å². The van der Waals surface area contributed by atoms with E-state index < -0.39 is 0 Å². The fourth-order valence-corrected chi connectivity index (χ4v) is 3.70. The predicted molar refractivity (Wildman–Crippen MR) is 123 cm³/mol. The van der Waals surface area contributed by atoms with Crippen LogP contribution in [0.1, 0.15) is 5.56 Å². The maximum absolute atomic E-state index is 12.4. The summed E-state index contributed by atoms with van der Waals surface area (Å²) in [7, 11) is 5.09. The van der Waals surface area contributed by atoms with E-state index in [9.17, 15) is 4.79 Å². The van der Waals surface area contributed by atoms with E-state index in [1.54, 1.807) is 20.3 Å². The minimum atomic E-state index is -0.124. The van der Waals surface area contributed by atoms with Gasteiger partial charge < -0.3 is 19.5 Å². The number of aromatic nitrogens is 1. The van der Waals surface area contributed by atoms with Crippen LogP contribution in [0.3, 0.4) is 0 Å². The fourth-order valence-electron chi connectivity index (χ4n) is 2.97. The molecule has 0 spiro atoms. The van der Waals surface area contributed by atoms with Gasteiger partial charge in [0.15, 0.2) is 5.13 Å². The highest BCUT2D eigenvalue weighted by Crippen LogP contribution is 2.34. The number of thiazole rings is 1. The second kappa shape index (κ2) is 10.8. The van der Waals surface area contributed by atoms with Gasteiger partial charge >= 0.3 is 0 Å². The van der Waals surface area contributed by atoms with Crippen molar-refractivity contribution in [1.29, 1.82) is 0 Å². The van der Waals surface area contributed by atoms with Crippen molar-refractivity contribution in [2.75, 3.05) is 46.3 Å². The molecular formula is C23H27N3O4S. The summed E-state index contributed by atoms with van der Waals surface area (Å²) in [6.07, 6.45) is 0. The first-order valence-electron chi connectivity index (χ1n) is 9.84. The average molecular weight is 442 g/mol. The summed E-state index contributed by atoms with van der Waals surface area (Å²) in [6, 6.07) is 13.5. The molecule has 31 heavy (non-hydrogen) atoms. The first-order chi connectivity index (χ1) is 15.0. The van der Waals surface area contributed by atoms with Crippen LogP contribution in [-0.4, -0.2) is 56.8 Å². The number of likely N-dealkylation sites (N-methyl/N-ethyl adjacent to an activating group) is 1. The molecular weight excluding hydrogens is 414 g/mol. The van der Waals surface area contributed by atoms with Gasteiger partial charge in [0.1, 0.15) is 23.9 Å². The van der Waals surface area contributed by atoms with Crippen molar-refractivity contribution in [3.05, 3.63) is 53.4 Å². The number of carbonyl (C=O) groups is 1. The molecule has 1 heterocycles. The molecule has 8 heteroatoms. The molecule has 3 rings (SSSR count).